The Balaban J connectivity index is 3.18. The van der Waals surface area contributed by atoms with Crippen LogP contribution < -0.4 is 0 Å². The van der Waals surface area contributed by atoms with E-state index >= 15 is 0 Å². The first-order valence-electron chi connectivity index (χ1n) is 17.3. The summed E-state index contributed by atoms with van der Waals surface area (Å²) in [4.78, 5) is 11.7. The number of carbonyl (C=O) groups excluding carboxylic acids is 1. The Morgan fingerprint density at radius 3 is 0.974 bits per heavy atom. The topological polar surface area (TPSA) is 35.5 Å². The van der Waals surface area contributed by atoms with Crippen LogP contribution in [0.15, 0.2) is 12.2 Å². The zero-order chi connectivity index (χ0) is 27.6. The van der Waals surface area contributed by atoms with E-state index in [-0.39, 0.29) is 0 Å². The highest BCUT2D eigenvalue weighted by Gasteiger charge is 2.03. The number of allylic oxidation sites excluding steroid dienone is 2. The van der Waals surface area contributed by atoms with Crippen molar-refractivity contribution in [3.05, 3.63) is 12.2 Å². The first-order chi connectivity index (χ1) is 18.8. The molecular formula is C35H68O3. The molecule has 0 saturated carbocycles. The number of unbranched alkanes of at least 4 members (excludes halogenated alkanes) is 25. The molecule has 0 atom stereocenters. The van der Waals surface area contributed by atoms with Crippen molar-refractivity contribution in [1.29, 1.82) is 0 Å². The van der Waals surface area contributed by atoms with Crippen LogP contribution in [0.1, 0.15) is 194 Å². The van der Waals surface area contributed by atoms with Crippen LogP contribution in [0, 0.1) is 0 Å². The molecular weight excluding hydrogens is 468 g/mol. The Morgan fingerprint density at radius 1 is 0.395 bits per heavy atom. The minimum atomic E-state index is -0.479. The summed E-state index contributed by atoms with van der Waals surface area (Å²) in [5.41, 5.74) is 0. The summed E-state index contributed by atoms with van der Waals surface area (Å²) in [6.45, 7) is 5.56. The molecule has 3 heteroatoms. The van der Waals surface area contributed by atoms with Crippen molar-refractivity contribution in [3.63, 3.8) is 0 Å². The predicted octanol–water partition coefficient (Wildman–Crippen LogP) is 12.7. The normalized spacial score (nSPS) is 11.4. The molecule has 0 aliphatic heterocycles. The van der Waals surface area contributed by atoms with E-state index in [0.29, 0.717) is 13.2 Å². The lowest BCUT2D eigenvalue weighted by atomic mass is 10.0. The van der Waals surface area contributed by atoms with Gasteiger partial charge in [-0.15, -0.1) is 0 Å². The SMILES string of the molecule is CCCCCCCCC=CCCCCCCCCOC(=O)OCCCCCCCCCCCCCCCC. The van der Waals surface area contributed by atoms with Gasteiger partial charge in [0, 0.05) is 0 Å². The summed E-state index contributed by atoms with van der Waals surface area (Å²) in [5.74, 6) is 0. The molecule has 0 spiro atoms. The second-order valence-corrected chi connectivity index (χ2v) is 11.5. The standard InChI is InChI=1S/C35H68O3/c1-3-5-7-9-11-13-15-17-19-20-22-24-26-28-30-32-34-38-35(36)37-33-31-29-27-25-23-21-18-16-14-12-10-8-6-4-2/h17,19H,3-16,18,20-34H2,1-2H3. The molecule has 0 fully saturated rings. The third kappa shape index (κ3) is 33.0. The van der Waals surface area contributed by atoms with Crippen molar-refractivity contribution in [2.24, 2.45) is 0 Å². The molecule has 0 saturated heterocycles. The van der Waals surface area contributed by atoms with Crippen molar-refractivity contribution in [3.8, 4) is 0 Å². The number of hydrogen-bond donors (Lipinski definition) is 0. The van der Waals surface area contributed by atoms with Crippen molar-refractivity contribution in [2.75, 3.05) is 13.2 Å². The van der Waals surface area contributed by atoms with Crippen molar-refractivity contribution in [2.45, 2.75) is 194 Å². The van der Waals surface area contributed by atoms with Gasteiger partial charge < -0.3 is 9.47 Å². The third-order valence-corrected chi connectivity index (χ3v) is 7.59. The van der Waals surface area contributed by atoms with Gasteiger partial charge in [-0.3, -0.25) is 0 Å². The predicted molar refractivity (Wildman–Crippen MR) is 167 cm³/mol. The van der Waals surface area contributed by atoms with Gasteiger partial charge in [-0.05, 0) is 38.5 Å². The van der Waals surface area contributed by atoms with Crippen LogP contribution in [0.4, 0.5) is 4.79 Å². The Bertz CT molecular complexity index is 474. The molecule has 0 radical (unpaired) electrons. The second kappa shape index (κ2) is 34.0. The summed E-state index contributed by atoms with van der Waals surface area (Å²) in [5, 5.41) is 0. The highest BCUT2D eigenvalue weighted by atomic mass is 16.7. The maximum atomic E-state index is 11.7. The van der Waals surface area contributed by atoms with E-state index < -0.39 is 6.16 Å². The molecule has 3 nitrogen and oxygen atoms in total. The van der Waals surface area contributed by atoms with Gasteiger partial charge in [-0.1, -0.05) is 167 Å². The minimum absolute atomic E-state index is 0.479. The lowest BCUT2D eigenvalue weighted by molar-refractivity contribution is 0.0529. The fraction of sp³-hybridized carbons (Fsp3) is 0.914. The first kappa shape index (κ1) is 37.0. The molecule has 0 aromatic carbocycles. The monoisotopic (exact) mass is 537 g/mol. The quantitative estimate of drug-likeness (QED) is 0.0502. The fourth-order valence-corrected chi connectivity index (χ4v) is 5.00. The van der Waals surface area contributed by atoms with Crippen molar-refractivity contribution in [1.82, 2.24) is 0 Å². The summed E-state index contributed by atoms with van der Waals surface area (Å²) in [7, 11) is 0. The van der Waals surface area contributed by atoms with Crippen LogP contribution in [-0.4, -0.2) is 19.4 Å². The molecule has 0 heterocycles. The zero-order valence-corrected chi connectivity index (χ0v) is 26.1. The minimum Gasteiger partial charge on any atom is -0.434 e. The Labute approximate surface area is 239 Å². The summed E-state index contributed by atoms with van der Waals surface area (Å²) >= 11 is 0. The fourth-order valence-electron chi connectivity index (χ4n) is 5.00. The second-order valence-electron chi connectivity index (χ2n) is 11.5. The molecule has 0 aliphatic rings. The maximum Gasteiger partial charge on any atom is 0.508 e. The number of hydrogen-bond acceptors (Lipinski definition) is 3. The number of ether oxygens (including phenoxy) is 2. The van der Waals surface area contributed by atoms with Crippen molar-refractivity contribution < 1.29 is 14.3 Å². The maximum absolute atomic E-state index is 11.7. The van der Waals surface area contributed by atoms with Crippen LogP contribution in [0.25, 0.3) is 0 Å². The molecule has 226 valence electrons. The van der Waals surface area contributed by atoms with E-state index in [1.807, 2.05) is 0 Å². The molecule has 0 aromatic rings. The van der Waals surface area contributed by atoms with Gasteiger partial charge in [-0.25, -0.2) is 4.79 Å². The summed E-state index contributed by atoms with van der Waals surface area (Å²) < 4.78 is 10.4. The number of rotatable bonds is 31. The highest BCUT2D eigenvalue weighted by molar-refractivity contribution is 5.59. The van der Waals surface area contributed by atoms with Crippen LogP contribution in [0.2, 0.25) is 0 Å². The third-order valence-electron chi connectivity index (χ3n) is 7.59. The molecule has 0 aliphatic carbocycles. The average molecular weight is 537 g/mol. The summed E-state index contributed by atoms with van der Waals surface area (Å²) in [6.07, 6.45) is 41.0. The van der Waals surface area contributed by atoms with Gasteiger partial charge in [0.15, 0.2) is 0 Å². The molecule has 0 N–H and O–H groups in total. The Morgan fingerprint density at radius 2 is 0.658 bits per heavy atom. The smallest absolute Gasteiger partial charge is 0.434 e. The average Bonchev–Trinajstić information content (AvgIpc) is 2.92. The van der Waals surface area contributed by atoms with Gasteiger partial charge in [0.1, 0.15) is 0 Å². The molecule has 38 heavy (non-hydrogen) atoms. The van der Waals surface area contributed by atoms with Gasteiger partial charge in [-0.2, -0.15) is 0 Å². The van der Waals surface area contributed by atoms with E-state index in [1.54, 1.807) is 0 Å². The largest absolute Gasteiger partial charge is 0.508 e. The Hall–Kier alpha value is -0.990. The van der Waals surface area contributed by atoms with Gasteiger partial charge in [0.25, 0.3) is 0 Å². The van der Waals surface area contributed by atoms with Gasteiger partial charge in [0.05, 0.1) is 13.2 Å². The molecule has 0 bridgehead atoms. The summed E-state index contributed by atoms with van der Waals surface area (Å²) in [6, 6.07) is 0. The zero-order valence-electron chi connectivity index (χ0n) is 26.1. The van der Waals surface area contributed by atoms with Crippen LogP contribution in [0.3, 0.4) is 0 Å². The first-order valence-corrected chi connectivity index (χ1v) is 17.3. The van der Waals surface area contributed by atoms with E-state index in [1.165, 1.54) is 154 Å². The van der Waals surface area contributed by atoms with E-state index in [0.717, 1.165) is 25.7 Å². The van der Waals surface area contributed by atoms with Crippen LogP contribution in [-0.2, 0) is 9.47 Å². The van der Waals surface area contributed by atoms with Crippen LogP contribution in [0.5, 0.6) is 0 Å². The molecule has 0 unspecified atom stereocenters. The van der Waals surface area contributed by atoms with Crippen LogP contribution >= 0.6 is 0 Å². The van der Waals surface area contributed by atoms with Gasteiger partial charge >= 0.3 is 6.16 Å². The van der Waals surface area contributed by atoms with E-state index in [9.17, 15) is 4.79 Å². The molecule has 0 amide bonds. The van der Waals surface area contributed by atoms with Crippen molar-refractivity contribution >= 4 is 6.16 Å². The number of carbonyl (C=O) groups is 1. The lowest BCUT2D eigenvalue weighted by Gasteiger charge is -2.06. The van der Waals surface area contributed by atoms with E-state index in [4.69, 9.17) is 9.47 Å². The van der Waals surface area contributed by atoms with E-state index in [2.05, 4.69) is 26.0 Å². The molecule has 0 rings (SSSR count). The van der Waals surface area contributed by atoms with Gasteiger partial charge in [0.2, 0.25) is 0 Å². The highest BCUT2D eigenvalue weighted by Crippen LogP contribution is 2.13. The Kier molecular flexibility index (Phi) is 33.2. The molecule has 0 aromatic heterocycles. The lowest BCUT2D eigenvalue weighted by Crippen LogP contribution is -2.09.